The molecule has 1 unspecified atom stereocenters. The van der Waals surface area contributed by atoms with Gasteiger partial charge in [0.15, 0.2) is 11.5 Å². The molecular formula is C20H17N5O5S. The highest BCUT2D eigenvalue weighted by atomic mass is 32.1. The highest BCUT2D eigenvalue weighted by molar-refractivity contribution is 7.00. The molecule has 10 nitrogen and oxygen atoms in total. The summed E-state index contributed by atoms with van der Waals surface area (Å²) in [6, 6.07) is 9.64. The number of rotatable bonds is 4. The quantitative estimate of drug-likeness (QED) is 0.595. The van der Waals surface area contributed by atoms with Crippen molar-refractivity contribution in [3.63, 3.8) is 0 Å². The van der Waals surface area contributed by atoms with E-state index in [0.717, 1.165) is 16.6 Å². The Hall–Kier alpha value is -3.73. The number of nitrogens with one attached hydrogen (secondary N) is 2. The second-order valence-corrected chi connectivity index (χ2v) is 7.82. The molecule has 158 valence electrons. The SMILES string of the molecule is CC1(c2ccc3c(c2)OCCO3)NC(=O)N(CC(=O)Nc2cccc3nsnc23)C1=O. The Bertz CT molecular complexity index is 1230. The van der Waals surface area contributed by atoms with Gasteiger partial charge in [0.1, 0.15) is 36.3 Å². The first kappa shape index (κ1) is 19.2. The first-order valence-electron chi connectivity index (χ1n) is 9.51. The van der Waals surface area contributed by atoms with Crippen molar-refractivity contribution in [2.24, 2.45) is 0 Å². The van der Waals surface area contributed by atoms with Crippen LogP contribution in [0.2, 0.25) is 0 Å². The van der Waals surface area contributed by atoms with Crippen LogP contribution in [0.4, 0.5) is 10.5 Å². The van der Waals surface area contributed by atoms with Gasteiger partial charge >= 0.3 is 6.03 Å². The number of fused-ring (bicyclic) bond motifs is 2. The van der Waals surface area contributed by atoms with Crippen LogP contribution in [-0.2, 0) is 15.1 Å². The van der Waals surface area contributed by atoms with E-state index in [1.807, 2.05) is 0 Å². The first-order valence-corrected chi connectivity index (χ1v) is 10.2. The van der Waals surface area contributed by atoms with E-state index in [0.29, 0.717) is 47.0 Å². The van der Waals surface area contributed by atoms with Gasteiger partial charge in [0.25, 0.3) is 5.91 Å². The first-order chi connectivity index (χ1) is 15.0. The Labute approximate surface area is 180 Å². The predicted octanol–water partition coefficient (Wildman–Crippen LogP) is 1.87. The Morgan fingerprint density at radius 2 is 2.00 bits per heavy atom. The minimum atomic E-state index is -1.33. The van der Waals surface area contributed by atoms with Crippen molar-refractivity contribution in [2.75, 3.05) is 25.1 Å². The third-order valence-electron chi connectivity index (χ3n) is 5.26. The molecular weight excluding hydrogens is 422 g/mol. The van der Waals surface area contributed by atoms with Crippen molar-refractivity contribution in [3.8, 4) is 11.5 Å². The second-order valence-electron chi connectivity index (χ2n) is 7.29. The van der Waals surface area contributed by atoms with E-state index in [9.17, 15) is 14.4 Å². The molecule has 0 saturated carbocycles. The lowest BCUT2D eigenvalue weighted by molar-refractivity contribution is -0.133. The van der Waals surface area contributed by atoms with Gasteiger partial charge in [-0.15, -0.1) is 0 Å². The smallest absolute Gasteiger partial charge is 0.325 e. The minimum absolute atomic E-state index is 0.404. The van der Waals surface area contributed by atoms with E-state index in [1.165, 1.54) is 0 Å². The molecule has 3 heterocycles. The largest absolute Gasteiger partial charge is 0.486 e. The fourth-order valence-corrected chi connectivity index (χ4v) is 4.18. The molecule has 2 aliphatic heterocycles. The van der Waals surface area contributed by atoms with Crippen LogP contribution in [0.1, 0.15) is 12.5 Å². The third kappa shape index (κ3) is 3.22. The summed E-state index contributed by atoms with van der Waals surface area (Å²) in [5, 5.41) is 5.39. The van der Waals surface area contributed by atoms with Crippen LogP contribution in [0, 0.1) is 0 Å². The molecule has 1 atom stereocenters. The zero-order chi connectivity index (χ0) is 21.6. The lowest BCUT2D eigenvalue weighted by Gasteiger charge is -2.25. The van der Waals surface area contributed by atoms with Gasteiger partial charge < -0.3 is 20.1 Å². The lowest BCUT2D eigenvalue weighted by Crippen LogP contribution is -2.42. The monoisotopic (exact) mass is 439 g/mol. The van der Waals surface area contributed by atoms with Gasteiger partial charge in [0, 0.05) is 0 Å². The number of aromatic nitrogens is 2. The maximum Gasteiger partial charge on any atom is 0.325 e. The number of ether oxygens (including phenoxy) is 2. The molecule has 11 heteroatoms. The molecule has 1 saturated heterocycles. The average molecular weight is 439 g/mol. The zero-order valence-corrected chi connectivity index (χ0v) is 17.2. The molecule has 2 N–H and O–H groups in total. The number of imide groups is 1. The summed E-state index contributed by atoms with van der Waals surface area (Å²) in [7, 11) is 0. The number of urea groups is 1. The molecule has 31 heavy (non-hydrogen) atoms. The number of anilines is 1. The van der Waals surface area contributed by atoms with Crippen molar-refractivity contribution in [1.29, 1.82) is 0 Å². The summed E-state index contributed by atoms with van der Waals surface area (Å²) in [6.45, 7) is 2.02. The molecule has 0 spiro atoms. The fourth-order valence-electron chi connectivity index (χ4n) is 3.63. The summed E-state index contributed by atoms with van der Waals surface area (Å²) in [6.07, 6.45) is 0. The Kier molecular flexibility index (Phi) is 4.47. The number of nitrogens with zero attached hydrogens (tertiary/aromatic N) is 3. The Balaban J connectivity index is 1.35. The summed E-state index contributed by atoms with van der Waals surface area (Å²) in [4.78, 5) is 39.2. The molecule has 0 radical (unpaired) electrons. The van der Waals surface area contributed by atoms with Crippen molar-refractivity contribution in [3.05, 3.63) is 42.0 Å². The highest BCUT2D eigenvalue weighted by Crippen LogP contribution is 2.36. The topological polar surface area (TPSA) is 123 Å². The molecule has 1 fully saturated rings. The molecule has 5 rings (SSSR count). The van der Waals surface area contributed by atoms with Gasteiger partial charge in [-0.3, -0.25) is 14.5 Å². The summed E-state index contributed by atoms with van der Waals surface area (Å²) in [5.41, 5.74) is 0.892. The average Bonchev–Trinajstić information content (AvgIpc) is 3.33. The van der Waals surface area contributed by atoms with Crippen molar-refractivity contribution in [1.82, 2.24) is 19.0 Å². The molecule has 4 amide bonds. The molecule has 1 aromatic heterocycles. The predicted molar refractivity (Wildman–Crippen MR) is 111 cm³/mol. The maximum absolute atomic E-state index is 13.1. The van der Waals surface area contributed by atoms with Gasteiger partial charge in [-0.25, -0.2) is 4.79 Å². The van der Waals surface area contributed by atoms with E-state index < -0.39 is 29.9 Å². The summed E-state index contributed by atoms with van der Waals surface area (Å²) < 4.78 is 19.4. The third-order valence-corrected chi connectivity index (χ3v) is 5.80. The van der Waals surface area contributed by atoms with Crippen LogP contribution in [0.15, 0.2) is 36.4 Å². The second kappa shape index (κ2) is 7.20. The number of benzene rings is 2. The van der Waals surface area contributed by atoms with Crippen molar-refractivity contribution in [2.45, 2.75) is 12.5 Å². The van der Waals surface area contributed by atoms with Crippen LogP contribution in [0.5, 0.6) is 11.5 Å². The van der Waals surface area contributed by atoms with Crippen LogP contribution >= 0.6 is 11.7 Å². The number of carbonyl (C=O) groups is 3. The number of carbonyl (C=O) groups excluding carboxylic acids is 3. The van der Waals surface area contributed by atoms with Crippen LogP contribution in [0.25, 0.3) is 11.0 Å². The standard InChI is InChI=1S/C20H17N5O5S/c1-20(11-5-6-14-15(9-11)30-8-7-29-14)18(27)25(19(28)22-20)10-16(26)21-12-3-2-4-13-17(12)24-31-23-13/h2-6,9H,7-8,10H2,1H3,(H,21,26)(H,22,28). The molecule has 3 aromatic rings. The summed E-state index contributed by atoms with van der Waals surface area (Å²) in [5.74, 6) is 0.0405. The minimum Gasteiger partial charge on any atom is -0.486 e. The van der Waals surface area contributed by atoms with E-state index in [4.69, 9.17) is 9.47 Å². The molecule has 0 bridgehead atoms. The van der Waals surface area contributed by atoms with E-state index in [2.05, 4.69) is 19.4 Å². The van der Waals surface area contributed by atoms with Gasteiger partial charge in [-0.05, 0) is 36.8 Å². The van der Waals surface area contributed by atoms with E-state index >= 15 is 0 Å². The zero-order valence-electron chi connectivity index (χ0n) is 16.4. The number of amides is 4. The lowest BCUT2D eigenvalue weighted by atomic mass is 9.91. The van der Waals surface area contributed by atoms with Crippen molar-refractivity contribution < 1.29 is 23.9 Å². The molecule has 0 aliphatic carbocycles. The Morgan fingerprint density at radius 3 is 2.84 bits per heavy atom. The van der Waals surface area contributed by atoms with Crippen molar-refractivity contribution >= 4 is 46.3 Å². The van der Waals surface area contributed by atoms with Crippen LogP contribution in [-0.4, -0.2) is 51.3 Å². The molecule has 2 aromatic carbocycles. The Morgan fingerprint density at radius 1 is 1.19 bits per heavy atom. The van der Waals surface area contributed by atoms with Gasteiger partial charge in [-0.1, -0.05) is 12.1 Å². The number of hydrogen-bond acceptors (Lipinski definition) is 8. The maximum atomic E-state index is 13.1. The van der Waals surface area contributed by atoms with Gasteiger partial charge in [0.2, 0.25) is 5.91 Å². The van der Waals surface area contributed by atoms with Crippen LogP contribution in [0.3, 0.4) is 0 Å². The van der Waals surface area contributed by atoms with Gasteiger partial charge in [-0.2, -0.15) is 8.75 Å². The van der Waals surface area contributed by atoms with Crippen LogP contribution < -0.4 is 20.1 Å². The summed E-state index contributed by atoms with van der Waals surface area (Å²) >= 11 is 1.04. The highest BCUT2D eigenvalue weighted by Gasteiger charge is 2.49. The van der Waals surface area contributed by atoms with E-state index in [-0.39, 0.29) is 0 Å². The normalized spacial score (nSPS) is 20.1. The van der Waals surface area contributed by atoms with Gasteiger partial charge in [0.05, 0.1) is 17.4 Å². The fraction of sp³-hybridized carbons (Fsp3) is 0.250. The number of hydrogen-bond donors (Lipinski definition) is 2. The molecule has 2 aliphatic rings. The van der Waals surface area contributed by atoms with E-state index in [1.54, 1.807) is 43.3 Å².